The second-order valence-corrected chi connectivity index (χ2v) is 5.19. The highest BCUT2D eigenvalue weighted by Gasteiger charge is 2.13. The van der Waals surface area contributed by atoms with Gasteiger partial charge in [0.15, 0.2) is 5.84 Å². The fourth-order valence-electron chi connectivity index (χ4n) is 2.56. The van der Waals surface area contributed by atoms with Gasteiger partial charge >= 0.3 is 0 Å². The van der Waals surface area contributed by atoms with Crippen molar-refractivity contribution < 1.29 is 9.94 Å². The molecule has 0 unspecified atom stereocenters. The van der Waals surface area contributed by atoms with Gasteiger partial charge in [0.1, 0.15) is 12.4 Å². The Morgan fingerprint density at radius 2 is 2.10 bits per heavy atom. The van der Waals surface area contributed by atoms with Crippen LogP contribution in [0.3, 0.4) is 0 Å². The number of piperidine rings is 1. The lowest BCUT2D eigenvalue weighted by molar-refractivity contribution is 0.183. The molecule has 1 fully saturated rings. The van der Waals surface area contributed by atoms with Gasteiger partial charge in [-0.25, -0.2) is 0 Å². The van der Waals surface area contributed by atoms with Crippen molar-refractivity contribution in [1.29, 1.82) is 0 Å². The number of oxime groups is 1. The Morgan fingerprint density at radius 1 is 1.35 bits per heavy atom. The molecule has 3 N–H and O–H groups in total. The molecule has 5 nitrogen and oxygen atoms in total. The summed E-state index contributed by atoms with van der Waals surface area (Å²) in [5.74, 6) is 0.793. The predicted molar refractivity (Wildman–Crippen MR) is 79.5 cm³/mol. The molecule has 0 spiro atoms. The fourth-order valence-corrected chi connectivity index (χ4v) is 2.56. The third kappa shape index (κ3) is 3.63. The maximum atomic E-state index is 8.83. The zero-order valence-corrected chi connectivity index (χ0v) is 12.0. The summed E-state index contributed by atoms with van der Waals surface area (Å²) in [5.41, 5.74) is 7.33. The largest absolute Gasteiger partial charge is 0.491 e. The molecular formula is C15H23N3O2. The molecule has 2 rings (SSSR count). The van der Waals surface area contributed by atoms with Crippen molar-refractivity contribution in [2.24, 2.45) is 10.9 Å². The lowest BCUT2D eigenvalue weighted by atomic mass is 10.1. The molecular weight excluding hydrogens is 254 g/mol. The summed E-state index contributed by atoms with van der Waals surface area (Å²) in [7, 11) is 0. The zero-order chi connectivity index (χ0) is 14.4. The minimum atomic E-state index is 0.0849. The third-order valence-corrected chi connectivity index (χ3v) is 3.70. The highest BCUT2D eigenvalue weighted by atomic mass is 16.5. The molecule has 0 aliphatic carbocycles. The average Bonchev–Trinajstić information content (AvgIpc) is 2.49. The third-order valence-electron chi connectivity index (χ3n) is 3.70. The Balaban J connectivity index is 1.97. The molecule has 1 aromatic carbocycles. The van der Waals surface area contributed by atoms with E-state index in [4.69, 9.17) is 15.7 Å². The van der Waals surface area contributed by atoms with Crippen LogP contribution in [-0.4, -0.2) is 42.2 Å². The van der Waals surface area contributed by atoms with Crippen molar-refractivity contribution in [2.75, 3.05) is 26.2 Å². The lowest BCUT2D eigenvalue weighted by Gasteiger charge is -2.26. The van der Waals surface area contributed by atoms with Crippen LogP contribution in [0.2, 0.25) is 0 Å². The Kier molecular flexibility index (Phi) is 5.24. The van der Waals surface area contributed by atoms with Crippen LogP contribution in [0.15, 0.2) is 23.4 Å². The summed E-state index contributed by atoms with van der Waals surface area (Å²) in [6.07, 6.45) is 3.89. The molecule has 1 heterocycles. The lowest BCUT2D eigenvalue weighted by Crippen LogP contribution is -2.33. The van der Waals surface area contributed by atoms with Crippen LogP contribution in [-0.2, 0) is 0 Å². The number of nitrogens with zero attached hydrogens (tertiary/aromatic N) is 2. The van der Waals surface area contributed by atoms with Crippen LogP contribution in [0.1, 0.15) is 30.4 Å². The number of nitrogens with two attached hydrogens (primary N) is 1. The van der Waals surface area contributed by atoms with Gasteiger partial charge in [0, 0.05) is 6.54 Å². The average molecular weight is 277 g/mol. The summed E-state index contributed by atoms with van der Waals surface area (Å²) < 4.78 is 5.88. The highest BCUT2D eigenvalue weighted by molar-refractivity contribution is 5.99. The first-order chi connectivity index (χ1) is 9.72. The number of amidine groups is 1. The van der Waals surface area contributed by atoms with E-state index in [1.807, 2.05) is 19.1 Å². The first-order valence-corrected chi connectivity index (χ1v) is 7.15. The van der Waals surface area contributed by atoms with Gasteiger partial charge in [-0.15, -0.1) is 0 Å². The Morgan fingerprint density at radius 3 is 2.80 bits per heavy atom. The summed E-state index contributed by atoms with van der Waals surface area (Å²) in [6.45, 7) is 5.82. The monoisotopic (exact) mass is 277 g/mol. The van der Waals surface area contributed by atoms with E-state index in [1.165, 1.54) is 19.3 Å². The molecule has 0 saturated carbocycles. The van der Waals surface area contributed by atoms with E-state index in [1.54, 1.807) is 6.07 Å². The maximum absolute atomic E-state index is 8.83. The predicted octanol–water partition coefficient (Wildman–Crippen LogP) is 1.95. The van der Waals surface area contributed by atoms with Crippen LogP contribution in [0, 0.1) is 6.92 Å². The van der Waals surface area contributed by atoms with Crippen molar-refractivity contribution in [2.45, 2.75) is 26.2 Å². The molecule has 1 aliphatic rings. The SMILES string of the molecule is Cc1cccc(/C(N)=N/O)c1OCCN1CCCCC1. The van der Waals surface area contributed by atoms with Crippen molar-refractivity contribution >= 4 is 5.84 Å². The molecule has 0 amide bonds. The minimum Gasteiger partial charge on any atom is -0.491 e. The normalized spacial score (nSPS) is 17.1. The summed E-state index contributed by atoms with van der Waals surface area (Å²) >= 11 is 0. The van der Waals surface area contributed by atoms with Gasteiger partial charge in [-0.3, -0.25) is 4.90 Å². The number of para-hydroxylation sites is 1. The van der Waals surface area contributed by atoms with Gasteiger partial charge in [-0.2, -0.15) is 0 Å². The molecule has 5 heteroatoms. The minimum absolute atomic E-state index is 0.0849. The van der Waals surface area contributed by atoms with E-state index in [-0.39, 0.29) is 5.84 Å². The second-order valence-electron chi connectivity index (χ2n) is 5.19. The Bertz CT molecular complexity index is 468. The molecule has 110 valence electrons. The second kappa shape index (κ2) is 7.14. The van der Waals surface area contributed by atoms with Gasteiger partial charge in [-0.1, -0.05) is 23.7 Å². The zero-order valence-electron chi connectivity index (χ0n) is 12.0. The smallest absolute Gasteiger partial charge is 0.173 e. The van der Waals surface area contributed by atoms with E-state index in [0.29, 0.717) is 17.9 Å². The van der Waals surface area contributed by atoms with Gasteiger partial charge in [0.25, 0.3) is 0 Å². The number of rotatable bonds is 5. The van der Waals surface area contributed by atoms with Crippen molar-refractivity contribution in [3.63, 3.8) is 0 Å². The van der Waals surface area contributed by atoms with E-state index < -0.39 is 0 Å². The number of benzene rings is 1. The maximum Gasteiger partial charge on any atom is 0.173 e. The summed E-state index contributed by atoms with van der Waals surface area (Å²) in [4.78, 5) is 2.42. The molecule has 1 saturated heterocycles. The van der Waals surface area contributed by atoms with Crippen LogP contribution < -0.4 is 10.5 Å². The number of hydrogen-bond donors (Lipinski definition) is 2. The number of hydrogen-bond acceptors (Lipinski definition) is 4. The molecule has 1 aromatic rings. The Labute approximate surface area is 120 Å². The fraction of sp³-hybridized carbons (Fsp3) is 0.533. The van der Waals surface area contributed by atoms with E-state index >= 15 is 0 Å². The van der Waals surface area contributed by atoms with Crippen LogP contribution in [0.25, 0.3) is 0 Å². The van der Waals surface area contributed by atoms with Crippen molar-refractivity contribution in [1.82, 2.24) is 4.90 Å². The first-order valence-electron chi connectivity index (χ1n) is 7.15. The van der Waals surface area contributed by atoms with Gasteiger partial charge in [0.2, 0.25) is 0 Å². The van der Waals surface area contributed by atoms with Crippen LogP contribution >= 0.6 is 0 Å². The van der Waals surface area contributed by atoms with Crippen molar-refractivity contribution in [3.05, 3.63) is 29.3 Å². The van der Waals surface area contributed by atoms with Crippen LogP contribution in [0.5, 0.6) is 5.75 Å². The van der Waals surface area contributed by atoms with Crippen LogP contribution in [0.4, 0.5) is 0 Å². The molecule has 0 bridgehead atoms. The van der Waals surface area contributed by atoms with Gasteiger partial charge in [0.05, 0.1) is 5.56 Å². The molecule has 0 atom stereocenters. The Hall–Kier alpha value is -1.75. The standard InChI is InChI=1S/C15H23N3O2/c1-12-6-5-7-13(15(16)17-19)14(12)20-11-10-18-8-3-2-4-9-18/h5-7,19H,2-4,8-11H2,1H3,(H2,16,17). The molecule has 0 radical (unpaired) electrons. The summed E-state index contributed by atoms with van der Waals surface area (Å²) in [6, 6.07) is 5.64. The van der Waals surface area contributed by atoms with E-state index in [9.17, 15) is 0 Å². The number of likely N-dealkylation sites (tertiary alicyclic amines) is 1. The number of ether oxygens (including phenoxy) is 1. The molecule has 1 aliphatic heterocycles. The van der Waals surface area contributed by atoms with Crippen molar-refractivity contribution in [3.8, 4) is 5.75 Å². The first kappa shape index (κ1) is 14.7. The summed E-state index contributed by atoms with van der Waals surface area (Å²) in [5, 5.41) is 11.9. The molecule has 20 heavy (non-hydrogen) atoms. The van der Waals surface area contributed by atoms with E-state index in [2.05, 4.69) is 10.1 Å². The number of aryl methyl sites for hydroxylation is 1. The van der Waals surface area contributed by atoms with Gasteiger partial charge < -0.3 is 15.7 Å². The molecule has 0 aromatic heterocycles. The topological polar surface area (TPSA) is 71.1 Å². The van der Waals surface area contributed by atoms with E-state index in [0.717, 1.165) is 25.2 Å². The van der Waals surface area contributed by atoms with Gasteiger partial charge in [-0.05, 0) is 44.5 Å². The highest BCUT2D eigenvalue weighted by Crippen LogP contribution is 2.23. The quantitative estimate of drug-likeness (QED) is 0.373.